The molecule has 0 bridgehead atoms. The Labute approximate surface area is 151 Å². The van der Waals surface area contributed by atoms with E-state index < -0.39 is 0 Å². The first kappa shape index (κ1) is 17.1. The second-order valence-corrected chi connectivity index (χ2v) is 8.08. The number of carbonyl (C=O) groups excluding carboxylic acids is 1. The second kappa shape index (κ2) is 6.26. The Bertz CT molecular complexity index is 937. The smallest absolute Gasteiger partial charge is 0.250 e. The van der Waals surface area contributed by atoms with Crippen molar-refractivity contribution in [1.82, 2.24) is 4.57 Å². The van der Waals surface area contributed by atoms with E-state index in [4.69, 9.17) is 17.3 Å². The van der Waals surface area contributed by atoms with Gasteiger partial charge in [0.2, 0.25) is 0 Å². The minimum absolute atomic E-state index is 0.377. The third kappa shape index (κ3) is 2.85. The number of benzene rings is 1. The second-order valence-electron chi connectivity index (χ2n) is 6.59. The zero-order chi connectivity index (χ0) is 17.6. The van der Waals surface area contributed by atoms with Gasteiger partial charge in [-0.15, -0.1) is 11.3 Å². The molecule has 1 amide bonds. The van der Waals surface area contributed by atoms with E-state index in [2.05, 4.69) is 31.4 Å². The van der Waals surface area contributed by atoms with Gasteiger partial charge in [0.15, 0.2) is 0 Å². The van der Waals surface area contributed by atoms with Crippen molar-refractivity contribution in [3.63, 3.8) is 0 Å². The molecule has 126 valence electrons. The van der Waals surface area contributed by atoms with Crippen molar-refractivity contribution in [3.8, 4) is 10.6 Å². The molecule has 3 nitrogen and oxygen atoms in total. The first-order valence-corrected chi connectivity index (χ1v) is 9.18. The van der Waals surface area contributed by atoms with Crippen LogP contribution in [0.2, 0.25) is 5.02 Å². The third-order valence-electron chi connectivity index (χ3n) is 4.31. The predicted octanol–water partition coefficient (Wildman–Crippen LogP) is 5.39. The minimum Gasteiger partial charge on any atom is -0.366 e. The number of fused-ring (bicyclic) bond motifs is 1. The van der Waals surface area contributed by atoms with Gasteiger partial charge in [0.05, 0.1) is 16.1 Å². The zero-order valence-corrected chi connectivity index (χ0v) is 15.9. The van der Waals surface area contributed by atoms with Gasteiger partial charge >= 0.3 is 0 Å². The molecule has 3 aromatic rings. The summed E-state index contributed by atoms with van der Waals surface area (Å²) in [7, 11) is 0. The third-order valence-corrected chi connectivity index (χ3v) is 5.84. The fourth-order valence-electron chi connectivity index (χ4n) is 3.12. The van der Waals surface area contributed by atoms with Crippen LogP contribution in [-0.4, -0.2) is 10.5 Å². The van der Waals surface area contributed by atoms with Crippen molar-refractivity contribution >= 4 is 38.9 Å². The van der Waals surface area contributed by atoms with Crippen LogP contribution in [0.4, 0.5) is 0 Å². The molecule has 2 heterocycles. The van der Waals surface area contributed by atoms with E-state index in [1.165, 1.54) is 15.1 Å². The maximum absolute atomic E-state index is 11.8. The number of halogens is 1. The average molecular weight is 361 g/mol. The Kier molecular flexibility index (Phi) is 4.45. The molecule has 1 aromatic carbocycles. The van der Waals surface area contributed by atoms with Gasteiger partial charge in [-0.3, -0.25) is 4.79 Å². The fraction of sp³-hybridized carbons (Fsp3) is 0.316. The van der Waals surface area contributed by atoms with Gasteiger partial charge in [-0.1, -0.05) is 25.4 Å². The van der Waals surface area contributed by atoms with Crippen LogP contribution in [0.5, 0.6) is 0 Å². The van der Waals surface area contributed by atoms with Gasteiger partial charge in [-0.05, 0) is 55.0 Å². The lowest BCUT2D eigenvalue weighted by atomic mass is 10.1. The number of amides is 1. The normalized spacial score (nSPS) is 11.6. The minimum atomic E-state index is -0.377. The van der Waals surface area contributed by atoms with Crippen LogP contribution in [-0.2, 0) is 6.54 Å². The number of aromatic nitrogens is 1. The van der Waals surface area contributed by atoms with Crippen LogP contribution >= 0.6 is 22.9 Å². The largest absolute Gasteiger partial charge is 0.366 e. The van der Waals surface area contributed by atoms with Crippen LogP contribution < -0.4 is 5.73 Å². The number of rotatable bonds is 4. The van der Waals surface area contributed by atoms with Crippen molar-refractivity contribution < 1.29 is 4.79 Å². The quantitative estimate of drug-likeness (QED) is 0.665. The molecule has 0 saturated carbocycles. The molecule has 0 unspecified atom stereocenters. The summed E-state index contributed by atoms with van der Waals surface area (Å²) in [4.78, 5) is 13.0. The molecule has 24 heavy (non-hydrogen) atoms. The molecule has 3 rings (SSSR count). The maximum Gasteiger partial charge on any atom is 0.250 e. The van der Waals surface area contributed by atoms with Crippen molar-refractivity contribution in [3.05, 3.63) is 46.1 Å². The molecular formula is C19H21ClN2OS. The molecule has 0 aliphatic carbocycles. The highest BCUT2D eigenvalue weighted by atomic mass is 35.5. The summed E-state index contributed by atoms with van der Waals surface area (Å²) in [5.74, 6) is 0.0952. The molecule has 0 radical (unpaired) electrons. The Morgan fingerprint density at radius 2 is 2.00 bits per heavy atom. The Morgan fingerprint density at radius 1 is 1.29 bits per heavy atom. The zero-order valence-electron chi connectivity index (χ0n) is 14.3. The van der Waals surface area contributed by atoms with E-state index in [1.807, 2.05) is 25.1 Å². The SMILES string of the molecule is Cc1c(-c2cc(C(N)=O)c(C)n2CC(C)C)sc2ccc(Cl)cc12. The van der Waals surface area contributed by atoms with E-state index in [-0.39, 0.29) is 5.91 Å². The van der Waals surface area contributed by atoms with E-state index in [9.17, 15) is 4.79 Å². The van der Waals surface area contributed by atoms with Crippen molar-refractivity contribution in [1.29, 1.82) is 0 Å². The standard InChI is InChI=1S/C19H21ClN2OS/c1-10(2)9-22-12(4)15(19(21)23)8-16(22)18-11(3)14-7-13(20)5-6-17(14)24-18/h5-8,10H,9H2,1-4H3,(H2,21,23). The molecular weight excluding hydrogens is 340 g/mol. The molecule has 0 atom stereocenters. The highest BCUT2D eigenvalue weighted by molar-refractivity contribution is 7.22. The molecule has 0 fully saturated rings. The van der Waals surface area contributed by atoms with Crippen LogP contribution in [0.3, 0.4) is 0 Å². The summed E-state index contributed by atoms with van der Waals surface area (Å²) in [5.41, 5.74) is 9.35. The number of nitrogens with zero attached hydrogens (tertiary/aromatic N) is 1. The predicted molar refractivity (Wildman–Crippen MR) is 103 cm³/mol. The van der Waals surface area contributed by atoms with Crippen LogP contribution in [0.25, 0.3) is 20.7 Å². The molecule has 0 aliphatic heterocycles. The van der Waals surface area contributed by atoms with Crippen molar-refractivity contribution in [2.45, 2.75) is 34.2 Å². The molecule has 0 aliphatic rings. The molecule has 2 N–H and O–H groups in total. The fourth-order valence-corrected chi connectivity index (χ4v) is 4.51. The van der Waals surface area contributed by atoms with Crippen LogP contribution in [0.15, 0.2) is 24.3 Å². The van der Waals surface area contributed by atoms with Crippen molar-refractivity contribution in [2.24, 2.45) is 11.7 Å². The number of thiophene rings is 1. The lowest BCUT2D eigenvalue weighted by molar-refractivity contribution is 0.0999. The summed E-state index contributed by atoms with van der Waals surface area (Å²) < 4.78 is 3.41. The number of hydrogen-bond donors (Lipinski definition) is 1. The molecule has 2 aromatic heterocycles. The number of primary amides is 1. The van der Waals surface area contributed by atoms with Gasteiger partial charge in [0, 0.05) is 22.0 Å². The van der Waals surface area contributed by atoms with Gasteiger partial charge in [-0.25, -0.2) is 0 Å². The lowest BCUT2D eigenvalue weighted by Crippen LogP contribution is -2.13. The first-order valence-electron chi connectivity index (χ1n) is 7.98. The van der Waals surface area contributed by atoms with Crippen LogP contribution in [0, 0.1) is 19.8 Å². The molecule has 5 heteroatoms. The van der Waals surface area contributed by atoms with Crippen LogP contribution in [0.1, 0.15) is 35.5 Å². The number of nitrogens with two attached hydrogens (primary N) is 1. The number of hydrogen-bond acceptors (Lipinski definition) is 2. The van der Waals surface area contributed by atoms with Gasteiger partial charge in [-0.2, -0.15) is 0 Å². The van der Waals surface area contributed by atoms with Gasteiger partial charge in [0.1, 0.15) is 0 Å². The maximum atomic E-state index is 11.8. The highest BCUT2D eigenvalue weighted by Gasteiger charge is 2.20. The van der Waals surface area contributed by atoms with E-state index in [1.54, 1.807) is 11.3 Å². The lowest BCUT2D eigenvalue weighted by Gasteiger charge is -2.14. The summed E-state index contributed by atoms with van der Waals surface area (Å²) in [6.07, 6.45) is 0. The monoisotopic (exact) mass is 360 g/mol. The van der Waals surface area contributed by atoms with Gasteiger partial charge < -0.3 is 10.3 Å². The topological polar surface area (TPSA) is 48.0 Å². The van der Waals surface area contributed by atoms with E-state index >= 15 is 0 Å². The van der Waals surface area contributed by atoms with E-state index in [0.29, 0.717) is 11.5 Å². The van der Waals surface area contributed by atoms with Gasteiger partial charge in [0.25, 0.3) is 5.91 Å². The summed E-state index contributed by atoms with van der Waals surface area (Å²) in [5, 5.41) is 1.90. The molecule has 0 spiro atoms. The van der Waals surface area contributed by atoms with E-state index in [0.717, 1.165) is 28.3 Å². The molecule has 0 saturated heterocycles. The Morgan fingerprint density at radius 3 is 2.62 bits per heavy atom. The number of carbonyl (C=O) groups is 1. The Hall–Kier alpha value is -1.78. The number of aryl methyl sites for hydroxylation is 1. The highest BCUT2D eigenvalue weighted by Crippen LogP contribution is 2.40. The average Bonchev–Trinajstić information content (AvgIpc) is 2.98. The summed E-state index contributed by atoms with van der Waals surface area (Å²) in [6, 6.07) is 7.90. The first-order chi connectivity index (χ1) is 11.3. The summed E-state index contributed by atoms with van der Waals surface area (Å²) in [6.45, 7) is 9.26. The summed E-state index contributed by atoms with van der Waals surface area (Å²) >= 11 is 7.88. The van der Waals surface area contributed by atoms with Crippen molar-refractivity contribution in [2.75, 3.05) is 0 Å². The Balaban J connectivity index is 2.27.